The van der Waals surface area contributed by atoms with Gasteiger partial charge in [-0.3, -0.25) is 0 Å². The molecule has 0 saturated carbocycles. The minimum absolute atomic E-state index is 0.693. The maximum atomic E-state index is 5.19. The zero-order chi connectivity index (χ0) is 17.8. The molecule has 0 radical (unpaired) electrons. The molecule has 1 N–H and O–H groups in total. The summed E-state index contributed by atoms with van der Waals surface area (Å²) in [6.07, 6.45) is 7.59. The molecule has 4 aromatic rings. The van der Waals surface area contributed by atoms with E-state index in [1.165, 1.54) is 0 Å². The van der Waals surface area contributed by atoms with Crippen molar-refractivity contribution in [3.63, 3.8) is 0 Å². The minimum atomic E-state index is 0.693. The molecule has 4 rings (SSSR count). The van der Waals surface area contributed by atoms with Crippen molar-refractivity contribution in [3.05, 3.63) is 84.9 Å². The van der Waals surface area contributed by atoms with Gasteiger partial charge in [0.1, 0.15) is 5.75 Å². The van der Waals surface area contributed by atoms with Crippen LogP contribution in [0.25, 0.3) is 11.4 Å². The maximum Gasteiger partial charge on any atom is 0.119 e. The first-order valence-corrected chi connectivity index (χ1v) is 8.34. The largest absolute Gasteiger partial charge is 0.497 e. The van der Waals surface area contributed by atoms with Crippen molar-refractivity contribution >= 4 is 5.69 Å². The molecule has 0 spiro atoms. The lowest BCUT2D eigenvalue weighted by atomic mass is 10.2. The first-order chi connectivity index (χ1) is 12.8. The summed E-state index contributed by atoms with van der Waals surface area (Å²) in [5.41, 5.74) is 4.16. The zero-order valence-electron chi connectivity index (χ0n) is 14.4. The number of hydrogen-bond donors (Lipinski definition) is 1. The highest BCUT2D eigenvalue weighted by atomic mass is 16.5. The Morgan fingerprint density at radius 2 is 1.85 bits per heavy atom. The first-order valence-electron chi connectivity index (χ1n) is 8.34. The molecule has 0 bridgehead atoms. The summed E-state index contributed by atoms with van der Waals surface area (Å²) < 4.78 is 8.89. The second-order valence-corrected chi connectivity index (χ2v) is 5.85. The van der Waals surface area contributed by atoms with Crippen molar-refractivity contribution in [3.8, 4) is 17.1 Å². The van der Waals surface area contributed by atoms with E-state index in [-0.39, 0.29) is 0 Å². The summed E-state index contributed by atoms with van der Waals surface area (Å²) in [6.45, 7) is 0.693. The number of aromatic nitrogens is 4. The van der Waals surface area contributed by atoms with Gasteiger partial charge in [-0.05, 0) is 48.5 Å². The predicted molar refractivity (Wildman–Crippen MR) is 101 cm³/mol. The Balaban J connectivity index is 1.44. The van der Waals surface area contributed by atoms with Crippen LogP contribution in [-0.2, 0) is 6.54 Å². The van der Waals surface area contributed by atoms with Gasteiger partial charge in [-0.15, -0.1) is 0 Å². The highest BCUT2D eigenvalue weighted by Gasteiger charge is 2.03. The van der Waals surface area contributed by atoms with Crippen LogP contribution >= 0.6 is 0 Å². The third kappa shape index (κ3) is 3.44. The molecule has 2 heterocycles. The monoisotopic (exact) mass is 345 g/mol. The second kappa shape index (κ2) is 7.14. The Morgan fingerprint density at radius 1 is 0.962 bits per heavy atom. The van der Waals surface area contributed by atoms with Crippen LogP contribution in [-0.4, -0.2) is 26.7 Å². The smallest absolute Gasteiger partial charge is 0.119 e. The van der Waals surface area contributed by atoms with Gasteiger partial charge < -0.3 is 10.1 Å². The Hall–Kier alpha value is -3.54. The van der Waals surface area contributed by atoms with Gasteiger partial charge in [0.2, 0.25) is 0 Å². The Kier molecular flexibility index (Phi) is 4.38. The fourth-order valence-electron chi connectivity index (χ4n) is 2.71. The molecule has 0 atom stereocenters. The molecule has 6 heteroatoms. The van der Waals surface area contributed by atoms with Crippen molar-refractivity contribution in [1.82, 2.24) is 19.6 Å². The van der Waals surface area contributed by atoms with E-state index in [9.17, 15) is 0 Å². The van der Waals surface area contributed by atoms with Crippen molar-refractivity contribution in [2.75, 3.05) is 12.4 Å². The van der Waals surface area contributed by atoms with Gasteiger partial charge >= 0.3 is 0 Å². The number of anilines is 1. The third-order valence-corrected chi connectivity index (χ3v) is 4.08. The van der Waals surface area contributed by atoms with Gasteiger partial charge in [-0.1, -0.05) is 6.07 Å². The number of ether oxygens (including phenoxy) is 1. The van der Waals surface area contributed by atoms with Gasteiger partial charge in [0.05, 0.1) is 24.7 Å². The van der Waals surface area contributed by atoms with Crippen molar-refractivity contribution < 1.29 is 4.74 Å². The lowest BCUT2D eigenvalue weighted by Crippen LogP contribution is -2.00. The summed E-state index contributed by atoms with van der Waals surface area (Å²) in [6, 6.07) is 17.9. The number of nitrogens with one attached hydrogen (secondary N) is 1. The maximum absolute atomic E-state index is 5.19. The molecule has 0 aliphatic rings. The molecule has 0 amide bonds. The van der Waals surface area contributed by atoms with Gasteiger partial charge in [0, 0.05) is 36.4 Å². The van der Waals surface area contributed by atoms with E-state index < -0.39 is 0 Å². The fourth-order valence-corrected chi connectivity index (χ4v) is 2.71. The van der Waals surface area contributed by atoms with E-state index in [2.05, 4.69) is 21.6 Å². The molecule has 0 saturated heterocycles. The highest BCUT2D eigenvalue weighted by molar-refractivity contribution is 5.51. The number of benzene rings is 2. The lowest BCUT2D eigenvalue weighted by Gasteiger charge is -2.07. The first kappa shape index (κ1) is 16.0. The van der Waals surface area contributed by atoms with Crippen LogP contribution < -0.4 is 10.1 Å². The van der Waals surface area contributed by atoms with Crippen LogP contribution in [0.15, 0.2) is 79.4 Å². The normalized spacial score (nSPS) is 10.7. The summed E-state index contributed by atoms with van der Waals surface area (Å²) in [5, 5.41) is 12.1. The van der Waals surface area contributed by atoms with E-state index >= 15 is 0 Å². The lowest BCUT2D eigenvalue weighted by molar-refractivity contribution is 0.414. The minimum Gasteiger partial charge on any atom is -0.497 e. The Morgan fingerprint density at radius 3 is 2.62 bits per heavy atom. The summed E-state index contributed by atoms with van der Waals surface area (Å²) >= 11 is 0. The third-order valence-electron chi connectivity index (χ3n) is 4.08. The molecule has 0 aliphatic heterocycles. The average molecular weight is 345 g/mol. The quantitative estimate of drug-likeness (QED) is 0.579. The number of rotatable bonds is 6. The predicted octanol–water partition coefficient (Wildman–Crippen LogP) is 3.68. The topological polar surface area (TPSA) is 56.9 Å². The van der Waals surface area contributed by atoms with Crippen LogP contribution in [0.3, 0.4) is 0 Å². The van der Waals surface area contributed by atoms with E-state index in [4.69, 9.17) is 4.74 Å². The summed E-state index contributed by atoms with van der Waals surface area (Å²) in [4.78, 5) is 0. The fraction of sp³-hybridized carbons (Fsp3) is 0.100. The highest BCUT2D eigenvalue weighted by Crippen LogP contribution is 2.17. The zero-order valence-corrected chi connectivity index (χ0v) is 14.4. The number of nitrogens with zero attached hydrogens (tertiary/aromatic N) is 4. The molecule has 0 unspecified atom stereocenters. The summed E-state index contributed by atoms with van der Waals surface area (Å²) in [7, 11) is 1.66. The molecule has 0 fully saturated rings. The van der Waals surface area contributed by atoms with Crippen LogP contribution in [0.2, 0.25) is 0 Å². The second-order valence-electron chi connectivity index (χ2n) is 5.85. The standard InChI is InChI=1S/C20H19N5O/c1-26-20-8-6-18(7-9-20)25-15-16(14-23-25)13-21-17-4-2-5-19(12-17)24-11-3-10-22-24/h2-12,14-15,21H,13H2,1H3. The van der Waals surface area contributed by atoms with E-state index in [0.29, 0.717) is 6.54 Å². The molecule has 2 aromatic heterocycles. The molecule has 0 aliphatic carbocycles. The Labute approximate surface area is 151 Å². The van der Waals surface area contributed by atoms with Crippen LogP contribution in [0.5, 0.6) is 5.75 Å². The molecule has 2 aromatic carbocycles. The van der Waals surface area contributed by atoms with Gasteiger partial charge in [-0.25, -0.2) is 9.36 Å². The van der Waals surface area contributed by atoms with Crippen LogP contribution in [0.4, 0.5) is 5.69 Å². The molecule has 6 nitrogen and oxygen atoms in total. The van der Waals surface area contributed by atoms with E-state index in [0.717, 1.165) is 28.4 Å². The van der Waals surface area contributed by atoms with Crippen LogP contribution in [0, 0.1) is 0 Å². The van der Waals surface area contributed by atoms with Crippen molar-refractivity contribution in [2.24, 2.45) is 0 Å². The average Bonchev–Trinajstić information content (AvgIpc) is 3.39. The Bertz CT molecular complexity index is 974. The molecule has 26 heavy (non-hydrogen) atoms. The molecule has 130 valence electrons. The molecular weight excluding hydrogens is 326 g/mol. The van der Waals surface area contributed by atoms with Gasteiger partial charge in [0.15, 0.2) is 0 Å². The number of methoxy groups -OCH3 is 1. The van der Waals surface area contributed by atoms with Gasteiger partial charge in [0.25, 0.3) is 0 Å². The van der Waals surface area contributed by atoms with Gasteiger partial charge in [-0.2, -0.15) is 10.2 Å². The van der Waals surface area contributed by atoms with Crippen LogP contribution in [0.1, 0.15) is 5.56 Å². The molecular formula is C20H19N5O. The number of hydrogen-bond acceptors (Lipinski definition) is 4. The summed E-state index contributed by atoms with van der Waals surface area (Å²) in [5.74, 6) is 0.833. The van der Waals surface area contributed by atoms with Crippen molar-refractivity contribution in [1.29, 1.82) is 0 Å². The SMILES string of the molecule is COc1ccc(-n2cc(CNc3cccc(-n4cccn4)c3)cn2)cc1. The van der Waals surface area contributed by atoms with E-state index in [1.54, 1.807) is 13.3 Å². The van der Waals surface area contributed by atoms with Crippen molar-refractivity contribution in [2.45, 2.75) is 6.54 Å². The van der Waals surface area contributed by atoms with E-state index in [1.807, 2.05) is 76.5 Å².